The van der Waals surface area contributed by atoms with Crippen LogP contribution in [0.25, 0.3) is 0 Å². The van der Waals surface area contributed by atoms with Crippen molar-refractivity contribution in [2.24, 2.45) is 5.92 Å². The number of rotatable bonds is 6. The maximum absolute atomic E-state index is 11.4. The van der Waals surface area contributed by atoms with E-state index in [1.165, 1.54) is 0 Å². The van der Waals surface area contributed by atoms with Crippen LogP contribution in [0.2, 0.25) is 0 Å². The molecule has 3 radical (unpaired) electrons. The van der Waals surface area contributed by atoms with Crippen LogP contribution in [0.5, 0.6) is 0 Å². The van der Waals surface area contributed by atoms with Gasteiger partial charge in [0.15, 0.2) is 0 Å². The minimum absolute atomic E-state index is 0.00442. The molecule has 0 aliphatic rings. The molecule has 0 aliphatic carbocycles. The van der Waals surface area contributed by atoms with Gasteiger partial charge in [0.05, 0.1) is 0 Å². The quantitative estimate of drug-likeness (QED) is 0.425. The van der Waals surface area contributed by atoms with E-state index in [2.05, 4.69) is 0 Å². The number of ether oxygens (including phenoxy) is 1. The third kappa shape index (κ3) is 5.00. The third-order valence-corrected chi connectivity index (χ3v) is 2.46. The zero-order chi connectivity index (χ0) is 11.1. The fourth-order valence-electron chi connectivity index (χ4n) is 0.869. The number of hydrogen-bond acceptors (Lipinski definition) is 3. The first-order chi connectivity index (χ1) is 6.52. The van der Waals surface area contributed by atoms with Crippen LogP contribution < -0.4 is 0 Å². The molecule has 0 aliphatic heterocycles. The van der Waals surface area contributed by atoms with Gasteiger partial charge in [0.1, 0.15) is 0 Å². The third-order valence-electron chi connectivity index (χ3n) is 1.79. The molecular formula is C10H17O3Sn. The van der Waals surface area contributed by atoms with Gasteiger partial charge >= 0.3 is 99.5 Å². The van der Waals surface area contributed by atoms with Crippen molar-refractivity contribution in [3.63, 3.8) is 0 Å². The Bertz CT molecular complexity index is 211. The summed E-state index contributed by atoms with van der Waals surface area (Å²) in [7, 11) is 0. The van der Waals surface area contributed by atoms with E-state index in [1.807, 2.05) is 27.7 Å². The predicted octanol–water partition coefficient (Wildman–Crippen LogP) is 1.62. The zero-order valence-electron chi connectivity index (χ0n) is 9.16. The second-order valence-electron chi connectivity index (χ2n) is 3.30. The van der Waals surface area contributed by atoms with E-state index in [0.29, 0.717) is 12.4 Å². The first-order valence-electron chi connectivity index (χ1n) is 4.73. The van der Waals surface area contributed by atoms with Gasteiger partial charge in [0.25, 0.3) is 0 Å². The molecule has 79 valence electrons. The Balaban J connectivity index is 4.45. The average Bonchev–Trinajstić information content (AvgIpc) is 2.13. The van der Waals surface area contributed by atoms with Gasteiger partial charge in [-0.25, -0.2) is 0 Å². The standard InChI is InChI=1S/C10H18O3.Sn/c1-5-13-8(4)10(12)6-9(11)7(2)3;/h6-8,12H,5H2,1-4H3;/q;+1/p-1. The summed E-state index contributed by atoms with van der Waals surface area (Å²) >= 11 is 0.920. The average molecular weight is 304 g/mol. The molecule has 0 amide bonds. The number of ketones is 1. The second kappa shape index (κ2) is 7.29. The molecule has 0 fully saturated rings. The van der Waals surface area contributed by atoms with E-state index in [0.717, 1.165) is 22.9 Å². The topological polar surface area (TPSA) is 35.5 Å². The molecule has 0 saturated heterocycles. The molecule has 0 N–H and O–H groups in total. The van der Waals surface area contributed by atoms with Gasteiger partial charge in [-0.2, -0.15) is 0 Å². The van der Waals surface area contributed by atoms with Gasteiger partial charge < -0.3 is 0 Å². The van der Waals surface area contributed by atoms with Gasteiger partial charge in [-0.3, -0.25) is 0 Å². The van der Waals surface area contributed by atoms with Crippen LogP contribution in [0.3, 0.4) is 0 Å². The second-order valence-corrected chi connectivity index (χ2v) is 3.89. The molecule has 0 heterocycles. The molecule has 0 aromatic rings. The molecule has 0 spiro atoms. The molecule has 0 rings (SSSR count). The summed E-state index contributed by atoms with van der Waals surface area (Å²) in [5, 5.41) is 0. The number of carbonyl (C=O) groups is 1. The van der Waals surface area contributed by atoms with Crippen LogP contribution in [0.15, 0.2) is 11.8 Å². The first kappa shape index (κ1) is 14.0. The van der Waals surface area contributed by atoms with Crippen molar-refractivity contribution in [1.82, 2.24) is 0 Å². The molecule has 0 bridgehead atoms. The fraction of sp³-hybridized carbons (Fsp3) is 0.700. The van der Waals surface area contributed by atoms with Crippen molar-refractivity contribution in [1.29, 1.82) is 0 Å². The van der Waals surface area contributed by atoms with Crippen LogP contribution >= 0.6 is 0 Å². The van der Waals surface area contributed by atoms with Crippen LogP contribution in [0.1, 0.15) is 27.7 Å². The fourth-order valence-corrected chi connectivity index (χ4v) is 1.51. The number of hydrogen-bond donors (Lipinski definition) is 0. The van der Waals surface area contributed by atoms with Crippen molar-refractivity contribution in [3.05, 3.63) is 11.8 Å². The number of carbonyl (C=O) groups excluding carboxylic acids is 1. The van der Waals surface area contributed by atoms with E-state index >= 15 is 0 Å². The summed E-state index contributed by atoms with van der Waals surface area (Å²) in [5.41, 5.74) is 0. The monoisotopic (exact) mass is 305 g/mol. The SMILES string of the molecule is CCOC(C)C(=CC(=O)C(C)C)[O][Sn]. The van der Waals surface area contributed by atoms with E-state index in [9.17, 15) is 4.79 Å². The van der Waals surface area contributed by atoms with Gasteiger partial charge in [-0.05, 0) is 0 Å². The Morgan fingerprint density at radius 1 is 1.43 bits per heavy atom. The van der Waals surface area contributed by atoms with Gasteiger partial charge in [-0.1, -0.05) is 0 Å². The summed E-state index contributed by atoms with van der Waals surface area (Å²) in [5.74, 6) is 0.711. The van der Waals surface area contributed by atoms with Crippen molar-refractivity contribution in [2.45, 2.75) is 33.8 Å². The minimum atomic E-state index is -0.137. The van der Waals surface area contributed by atoms with Gasteiger partial charge in [-0.15, -0.1) is 0 Å². The summed E-state index contributed by atoms with van der Waals surface area (Å²) < 4.78 is 10.5. The van der Waals surface area contributed by atoms with E-state index in [1.54, 1.807) is 6.08 Å². The van der Waals surface area contributed by atoms with Gasteiger partial charge in [0, 0.05) is 0 Å². The summed E-state index contributed by atoms with van der Waals surface area (Å²) in [4.78, 5) is 11.4. The van der Waals surface area contributed by atoms with Crippen LogP contribution in [-0.2, 0) is 12.6 Å². The number of allylic oxidation sites excluding steroid dienone is 1. The van der Waals surface area contributed by atoms with Crippen LogP contribution in [0, 0.1) is 5.92 Å². The van der Waals surface area contributed by atoms with E-state index in [-0.39, 0.29) is 17.8 Å². The predicted molar refractivity (Wildman–Crippen MR) is 55.9 cm³/mol. The Morgan fingerprint density at radius 2 is 2.00 bits per heavy atom. The summed E-state index contributed by atoms with van der Waals surface area (Å²) in [6.45, 7) is 8.15. The van der Waals surface area contributed by atoms with Crippen molar-refractivity contribution >= 4 is 28.7 Å². The molecule has 1 unspecified atom stereocenters. The van der Waals surface area contributed by atoms with Gasteiger partial charge in [0.2, 0.25) is 0 Å². The summed E-state index contributed by atoms with van der Waals surface area (Å²) in [6, 6.07) is 0. The molecule has 0 aromatic heterocycles. The van der Waals surface area contributed by atoms with Crippen molar-refractivity contribution in [2.75, 3.05) is 6.61 Å². The van der Waals surface area contributed by atoms with E-state index < -0.39 is 0 Å². The molecule has 0 aromatic carbocycles. The Kier molecular flexibility index (Phi) is 7.27. The Morgan fingerprint density at radius 3 is 2.36 bits per heavy atom. The van der Waals surface area contributed by atoms with Crippen molar-refractivity contribution in [3.8, 4) is 0 Å². The van der Waals surface area contributed by atoms with E-state index in [4.69, 9.17) is 7.81 Å². The molecule has 3 nitrogen and oxygen atoms in total. The summed E-state index contributed by atoms with van der Waals surface area (Å²) in [6.07, 6.45) is 1.40. The molecule has 1 atom stereocenters. The first-order valence-corrected chi connectivity index (χ1v) is 5.90. The molecule has 0 saturated carbocycles. The zero-order valence-corrected chi connectivity index (χ0v) is 12.0. The normalized spacial score (nSPS) is 14.3. The van der Waals surface area contributed by atoms with Crippen LogP contribution in [0.4, 0.5) is 0 Å². The Hall–Kier alpha value is -0.0313. The molecular weight excluding hydrogens is 287 g/mol. The maximum atomic E-state index is 11.4. The molecule has 4 heteroatoms. The van der Waals surface area contributed by atoms with Crippen LogP contribution in [-0.4, -0.2) is 41.4 Å². The van der Waals surface area contributed by atoms with Crippen molar-refractivity contribution < 1.29 is 12.6 Å². The molecule has 14 heavy (non-hydrogen) atoms. The Labute approximate surface area is 99.5 Å².